The van der Waals surface area contributed by atoms with Crippen molar-refractivity contribution in [3.05, 3.63) is 75.5 Å². The Labute approximate surface area is 169 Å². The number of hydrogen-bond donors (Lipinski definition) is 1. The molecule has 138 valence electrons. The highest BCUT2D eigenvalue weighted by atomic mass is 79.9. The number of hydrogen-bond acceptors (Lipinski definition) is 4. The van der Waals surface area contributed by atoms with E-state index in [0.29, 0.717) is 22.0 Å². The number of nitrogens with one attached hydrogen (secondary N) is 1. The normalized spacial score (nSPS) is 10.5. The molecule has 1 N–H and O–H groups in total. The average Bonchev–Trinajstić information content (AvgIpc) is 3.10. The second kappa shape index (κ2) is 8.37. The van der Waals surface area contributed by atoms with E-state index >= 15 is 0 Å². The van der Waals surface area contributed by atoms with Gasteiger partial charge in [-0.05, 0) is 71.4 Å². The second-order valence-corrected chi connectivity index (χ2v) is 6.97. The Bertz CT molecular complexity index is 986. The molecule has 0 atom stereocenters. The van der Waals surface area contributed by atoms with Gasteiger partial charge < -0.3 is 10.1 Å². The van der Waals surface area contributed by atoms with Crippen LogP contribution in [-0.4, -0.2) is 21.5 Å². The summed E-state index contributed by atoms with van der Waals surface area (Å²) in [7, 11) is 0. The minimum Gasteiger partial charge on any atom is -0.470 e. The molecule has 8 heteroatoms. The van der Waals surface area contributed by atoms with Crippen molar-refractivity contribution in [1.82, 2.24) is 9.78 Å². The highest BCUT2D eigenvalue weighted by Crippen LogP contribution is 2.28. The molecule has 3 rings (SSSR count). The third-order valence-electron chi connectivity index (χ3n) is 3.67. The van der Waals surface area contributed by atoms with Crippen molar-refractivity contribution in [2.24, 2.45) is 0 Å². The largest absolute Gasteiger partial charge is 0.470 e. The van der Waals surface area contributed by atoms with E-state index in [1.807, 2.05) is 0 Å². The molecular weight excluding hydrogens is 434 g/mol. The first-order valence-corrected chi connectivity index (χ1v) is 9.13. The van der Waals surface area contributed by atoms with E-state index in [1.54, 1.807) is 54.7 Å². The summed E-state index contributed by atoms with van der Waals surface area (Å²) in [4.78, 5) is 23.6. The van der Waals surface area contributed by atoms with Crippen LogP contribution >= 0.6 is 27.5 Å². The van der Waals surface area contributed by atoms with Crippen LogP contribution in [0.2, 0.25) is 5.02 Å². The molecule has 0 bridgehead atoms. The van der Waals surface area contributed by atoms with E-state index in [1.165, 1.54) is 11.6 Å². The van der Waals surface area contributed by atoms with Gasteiger partial charge >= 0.3 is 0 Å². The minimum absolute atomic E-state index is 0.0288. The van der Waals surface area contributed by atoms with E-state index in [-0.39, 0.29) is 24.1 Å². The monoisotopic (exact) mass is 447 g/mol. The number of amides is 1. The summed E-state index contributed by atoms with van der Waals surface area (Å²) in [5.41, 5.74) is 1.42. The second-order valence-electron chi connectivity index (χ2n) is 5.68. The molecule has 3 aromatic rings. The SMILES string of the molecule is CC(=O)c1ccc(NC(=O)c2ccn(COc3ccc(Cl)cc3Br)n2)cc1. The summed E-state index contributed by atoms with van der Waals surface area (Å²) in [6.45, 7) is 1.63. The average molecular weight is 449 g/mol. The van der Waals surface area contributed by atoms with Crippen LogP contribution in [0.5, 0.6) is 5.75 Å². The van der Waals surface area contributed by atoms with Crippen molar-refractivity contribution in [2.75, 3.05) is 5.32 Å². The van der Waals surface area contributed by atoms with Crippen LogP contribution in [0.4, 0.5) is 5.69 Å². The molecule has 6 nitrogen and oxygen atoms in total. The molecule has 0 radical (unpaired) electrons. The molecule has 0 spiro atoms. The molecule has 1 heterocycles. The van der Waals surface area contributed by atoms with Crippen molar-refractivity contribution in [1.29, 1.82) is 0 Å². The Kier molecular flexibility index (Phi) is 5.93. The molecule has 0 saturated heterocycles. The quantitative estimate of drug-likeness (QED) is 0.550. The number of nitrogens with zero attached hydrogens (tertiary/aromatic N) is 2. The fraction of sp³-hybridized carbons (Fsp3) is 0.105. The van der Waals surface area contributed by atoms with E-state index < -0.39 is 0 Å². The van der Waals surface area contributed by atoms with Gasteiger partial charge in [-0.2, -0.15) is 5.10 Å². The molecule has 27 heavy (non-hydrogen) atoms. The van der Waals surface area contributed by atoms with Crippen LogP contribution in [-0.2, 0) is 6.73 Å². The summed E-state index contributed by atoms with van der Waals surface area (Å²) < 4.78 is 7.90. The molecule has 1 amide bonds. The minimum atomic E-state index is -0.350. The van der Waals surface area contributed by atoms with Crippen LogP contribution in [0.25, 0.3) is 0 Å². The number of carbonyl (C=O) groups is 2. The van der Waals surface area contributed by atoms with Crippen molar-refractivity contribution in [3.63, 3.8) is 0 Å². The van der Waals surface area contributed by atoms with Crippen molar-refractivity contribution < 1.29 is 14.3 Å². The van der Waals surface area contributed by atoms with Crippen molar-refractivity contribution in [3.8, 4) is 5.75 Å². The number of benzene rings is 2. The number of halogens is 2. The van der Waals surface area contributed by atoms with Gasteiger partial charge in [0.05, 0.1) is 4.47 Å². The maximum absolute atomic E-state index is 12.3. The van der Waals surface area contributed by atoms with Gasteiger partial charge in [-0.1, -0.05) is 11.6 Å². The van der Waals surface area contributed by atoms with Crippen molar-refractivity contribution in [2.45, 2.75) is 13.7 Å². The summed E-state index contributed by atoms with van der Waals surface area (Å²) >= 11 is 9.27. The van der Waals surface area contributed by atoms with Crippen LogP contribution in [0.1, 0.15) is 27.8 Å². The lowest BCUT2D eigenvalue weighted by molar-refractivity contribution is 0.101. The number of anilines is 1. The van der Waals surface area contributed by atoms with Crippen LogP contribution < -0.4 is 10.1 Å². The summed E-state index contributed by atoms with van der Waals surface area (Å²) in [6, 6.07) is 13.5. The van der Waals surface area contributed by atoms with Gasteiger partial charge in [0.1, 0.15) is 5.75 Å². The molecule has 2 aromatic carbocycles. The van der Waals surface area contributed by atoms with Crippen LogP contribution in [0.3, 0.4) is 0 Å². The first kappa shape index (κ1) is 19.1. The highest BCUT2D eigenvalue weighted by Gasteiger charge is 2.11. The number of rotatable bonds is 6. The van der Waals surface area contributed by atoms with Gasteiger partial charge in [-0.15, -0.1) is 0 Å². The Balaban J connectivity index is 1.61. The molecular formula is C19H15BrClN3O3. The number of ether oxygens (including phenoxy) is 1. The van der Waals surface area contributed by atoms with E-state index in [2.05, 4.69) is 26.3 Å². The fourth-order valence-corrected chi connectivity index (χ4v) is 3.06. The zero-order chi connectivity index (χ0) is 19.4. The smallest absolute Gasteiger partial charge is 0.276 e. The van der Waals surface area contributed by atoms with Gasteiger partial charge in [0.2, 0.25) is 0 Å². The summed E-state index contributed by atoms with van der Waals surface area (Å²) in [6.07, 6.45) is 1.65. The van der Waals surface area contributed by atoms with Crippen LogP contribution in [0, 0.1) is 0 Å². The molecule has 0 unspecified atom stereocenters. The lowest BCUT2D eigenvalue weighted by atomic mass is 10.1. The third kappa shape index (κ3) is 4.96. The maximum atomic E-state index is 12.3. The molecule has 0 aliphatic heterocycles. The van der Waals surface area contributed by atoms with Gasteiger partial charge in [-0.25, -0.2) is 4.68 Å². The Morgan fingerprint density at radius 1 is 1.19 bits per heavy atom. The first-order valence-electron chi connectivity index (χ1n) is 7.96. The number of carbonyl (C=O) groups excluding carboxylic acids is 2. The molecule has 0 saturated carbocycles. The zero-order valence-corrected chi connectivity index (χ0v) is 16.6. The van der Waals surface area contributed by atoms with Crippen molar-refractivity contribution >= 4 is 44.9 Å². The molecule has 0 fully saturated rings. The van der Waals surface area contributed by atoms with Gasteiger partial charge in [0.15, 0.2) is 18.2 Å². The Morgan fingerprint density at radius 2 is 1.93 bits per heavy atom. The number of ketones is 1. The maximum Gasteiger partial charge on any atom is 0.276 e. The zero-order valence-electron chi connectivity index (χ0n) is 14.3. The lowest BCUT2D eigenvalue weighted by Gasteiger charge is -2.08. The predicted molar refractivity (Wildman–Crippen MR) is 106 cm³/mol. The molecule has 0 aliphatic carbocycles. The first-order chi connectivity index (χ1) is 12.9. The van der Waals surface area contributed by atoms with Gasteiger partial charge in [0.25, 0.3) is 5.91 Å². The highest BCUT2D eigenvalue weighted by molar-refractivity contribution is 9.10. The Morgan fingerprint density at radius 3 is 2.59 bits per heavy atom. The Hall–Kier alpha value is -2.64. The van der Waals surface area contributed by atoms with Gasteiger partial charge in [0, 0.05) is 22.5 Å². The lowest BCUT2D eigenvalue weighted by Crippen LogP contribution is -2.14. The standard InChI is InChI=1S/C19H15BrClN3O3/c1-12(25)13-2-5-15(6-3-13)22-19(26)17-8-9-24(23-17)11-27-18-7-4-14(21)10-16(18)20/h2-10H,11H2,1H3,(H,22,26). The summed E-state index contributed by atoms with van der Waals surface area (Å²) in [5, 5.41) is 7.54. The predicted octanol–water partition coefficient (Wildman–Crippen LogP) is 4.79. The topological polar surface area (TPSA) is 73.2 Å². The van der Waals surface area contributed by atoms with E-state index in [0.717, 1.165) is 4.47 Å². The van der Waals surface area contributed by atoms with E-state index in [4.69, 9.17) is 16.3 Å². The van der Waals surface area contributed by atoms with E-state index in [9.17, 15) is 9.59 Å². The fourth-order valence-electron chi connectivity index (χ4n) is 2.27. The van der Waals surface area contributed by atoms with Gasteiger partial charge in [-0.3, -0.25) is 9.59 Å². The van der Waals surface area contributed by atoms with Crippen LogP contribution in [0.15, 0.2) is 59.2 Å². The summed E-state index contributed by atoms with van der Waals surface area (Å²) in [5.74, 6) is 0.238. The third-order valence-corrected chi connectivity index (χ3v) is 4.52. The molecule has 1 aromatic heterocycles. The number of aromatic nitrogens is 2. The number of Topliss-reactive ketones (excluding diaryl/α,β-unsaturated/α-hetero) is 1. The molecule has 0 aliphatic rings.